The molecule has 6 nitrogen and oxygen atoms in total. The summed E-state index contributed by atoms with van der Waals surface area (Å²) in [5.74, 6) is -1.23. The zero-order chi connectivity index (χ0) is 14.9. The largest absolute Gasteiger partial charge is 0.480 e. The third kappa shape index (κ3) is 2.76. The summed E-state index contributed by atoms with van der Waals surface area (Å²) in [7, 11) is 0. The van der Waals surface area contributed by atoms with Crippen molar-refractivity contribution in [3.8, 4) is 11.4 Å². The Labute approximate surface area is 110 Å². The molecule has 0 saturated carbocycles. The minimum Gasteiger partial charge on any atom is -0.480 e. The van der Waals surface area contributed by atoms with Crippen LogP contribution in [0.5, 0.6) is 0 Å². The van der Waals surface area contributed by atoms with Crippen LogP contribution in [0.1, 0.15) is 18.5 Å². The maximum atomic E-state index is 12.6. The number of aliphatic carboxylic acids is 1. The standard InChI is InChI=1S/C11H9F3N4O2/c1-6(10(19)20)18-16-9(15-17-18)7-3-2-4-8(5-7)11(12,13)14/h2-6H,1H3,(H,19,20). The van der Waals surface area contributed by atoms with E-state index in [0.717, 1.165) is 16.9 Å². The smallest absolute Gasteiger partial charge is 0.416 e. The molecule has 1 aromatic carbocycles. The minimum atomic E-state index is -4.47. The van der Waals surface area contributed by atoms with Gasteiger partial charge in [0, 0.05) is 5.56 Å². The number of nitrogens with zero attached hydrogens (tertiary/aromatic N) is 4. The van der Waals surface area contributed by atoms with Crippen molar-refractivity contribution in [1.29, 1.82) is 0 Å². The van der Waals surface area contributed by atoms with Gasteiger partial charge in [-0.05, 0) is 24.3 Å². The highest BCUT2D eigenvalue weighted by atomic mass is 19.4. The Bertz CT molecular complexity index is 639. The van der Waals surface area contributed by atoms with Crippen molar-refractivity contribution in [3.05, 3.63) is 29.8 Å². The third-order valence-corrected chi connectivity index (χ3v) is 2.58. The normalized spacial score (nSPS) is 13.2. The second-order valence-corrected chi connectivity index (χ2v) is 4.03. The van der Waals surface area contributed by atoms with Crippen LogP contribution in [0.2, 0.25) is 0 Å². The molecule has 1 aromatic heterocycles. The number of aromatic nitrogens is 4. The zero-order valence-electron chi connectivity index (χ0n) is 10.2. The number of rotatable bonds is 3. The van der Waals surface area contributed by atoms with E-state index in [1.807, 2.05) is 0 Å². The molecule has 0 radical (unpaired) electrons. The second kappa shape index (κ2) is 4.91. The number of tetrazole rings is 1. The van der Waals surface area contributed by atoms with Gasteiger partial charge in [-0.15, -0.1) is 15.0 Å². The van der Waals surface area contributed by atoms with E-state index in [4.69, 9.17) is 5.11 Å². The summed E-state index contributed by atoms with van der Waals surface area (Å²) in [6.45, 7) is 1.33. The summed E-state index contributed by atoms with van der Waals surface area (Å²) in [6.07, 6.45) is -4.47. The molecule has 1 heterocycles. The van der Waals surface area contributed by atoms with Gasteiger partial charge < -0.3 is 5.11 Å². The Hall–Kier alpha value is -2.45. The minimum absolute atomic E-state index is 0.0656. The molecule has 20 heavy (non-hydrogen) atoms. The Morgan fingerprint density at radius 1 is 1.40 bits per heavy atom. The number of carboxylic acids is 1. The lowest BCUT2D eigenvalue weighted by Gasteiger charge is -2.06. The summed E-state index contributed by atoms with van der Waals surface area (Å²) < 4.78 is 37.8. The summed E-state index contributed by atoms with van der Waals surface area (Å²) in [5.41, 5.74) is -0.721. The van der Waals surface area contributed by atoms with Crippen molar-refractivity contribution in [1.82, 2.24) is 20.2 Å². The lowest BCUT2D eigenvalue weighted by molar-refractivity contribution is -0.141. The highest BCUT2D eigenvalue weighted by Crippen LogP contribution is 2.31. The van der Waals surface area contributed by atoms with E-state index in [0.29, 0.717) is 0 Å². The van der Waals surface area contributed by atoms with Crippen LogP contribution in [0.25, 0.3) is 11.4 Å². The molecule has 0 spiro atoms. The Morgan fingerprint density at radius 3 is 2.70 bits per heavy atom. The molecular weight excluding hydrogens is 277 g/mol. The molecule has 1 atom stereocenters. The zero-order valence-corrected chi connectivity index (χ0v) is 10.2. The number of hydrogen-bond acceptors (Lipinski definition) is 4. The third-order valence-electron chi connectivity index (χ3n) is 2.58. The fourth-order valence-electron chi connectivity index (χ4n) is 1.44. The van der Waals surface area contributed by atoms with Crippen LogP contribution in [-0.2, 0) is 11.0 Å². The van der Waals surface area contributed by atoms with E-state index in [-0.39, 0.29) is 11.4 Å². The number of hydrogen-bond donors (Lipinski definition) is 1. The average molecular weight is 286 g/mol. The van der Waals surface area contributed by atoms with Crippen LogP contribution in [0.4, 0.5) is 13.2 Å². The van der Waals surface area contributed by atoms with Crippen molar-refractivity contribution >= 4 is 5.97 Å². The van der Waals surface area contributed by atoms with Crippen molar-refractivity contribution in [2.75, 3.05) is 0 Å². The van der Waals surface area contributed by atoms with Crippen LogP contribution in [0.3, 0.4) is 0 Å². The summed E-state index contributed by atoms with van der Waals surface area (Å²) >= 11 is 0. The first-order valence-corrected chi connectivity index (χ1v) is 5.49. The van der Waals surface area contributed by atoms with Gasteiger partial charge in [0.25, 0.3) is 0 Å². The topological polar surface area (TPSA) is 80.9 Å². The molecule has 1 N–H and O–H groups in total. The first-order chi connectivity index (χ1) is 9.29. The lowest BCUT2D eigenvalue weighted by atomic mass is 10.1. The van der Waals surface area contributed by atoms with Gasteiger partial charge in [0.05, 0.1) is 5.56 Å². The first-order valence-electron chi connectivity index (χ1n) is 5.49. The number of carboxylic acid groups (broad SMARTS) is 1. The van der Waals surface area contributed by atoms with Gasteiger partial charge in [-0.25, -0.2) is 4.79 Å². The predicted octanol–water partition coefficient (Wildman–Crippen LogP) is 2.00. The molecule has 2 rings (SSSR count). The first kappa shape index (κ1) is 14.0. The number of alkyl halides is 3. The molecule has 0 saturated heterocycles. The lowest BCUT2D eigenvalue weighted by Crippen LogP contribution is -2.18. The summed E-state index contributed by atoms with van der Waals surface area (Å²) in [5, 5.41) is 19.6. The SMILES string of the molecule is CC(C(=O)O)n1nnc(-c2cccc(C(F)(F)F)c2)n1. The second-order valence-electron chi connectivity index (χ2n) is 4.03. The average Bonchev–Trinajstić information content (AvgIpc) is 2.86. The van der Waals surface area contributed by atoms with E-state index in [1.54, 1.807) is 0 Å². The maximum Gasteiger partial charge on any atom is 0.416 e. The Balaban J connectivity index is 2.36. The molecule has 0 aliphatic heterocycles. The molecule has 2 aromatic rings. The molecule has 0 aliphatic carbocycles. The van der Waals surface area contributed by atoms with E-state index in [1.165, 1.54) is 19.1 Å². The van der Waals surface area contributed by atoms with Crippen molar-refractivity contribution in [2.24, 2.45) is 0 Å². The Morgan fingerprint density at radius 2 is 2.10 bits per heavy atom. The van der Waals surface area contributed by atoms with E-state index in [9.17, 15) is 18.0 Å². The highest BCUT2D eigenvalue weighted by molar-refractivity contribution is 5.71. The monoisotopic (exact) mass is 286 g/mol. The summed E-state index contributed by atoms with van der Waals surface area (Å²) in [4.78, 5) is 11.6. The molecule has 1 unspecified atom stereocenters. The summed E-state index contributed by atoms with van der Waals surface area (Å²) in [6, 6.07) is 3.37. The molecule has 0 amide bonds. The van der Waals surface area contributed by atoms with Gasteiger partial charge in [-0.3, -0.25) is 0 Å². The fourth-order valence-corrected chi connectivity index (χ4v) is 1.44. The van der Waals surface area contributed by atoms with E-state index in [2.05, 4.69) is 15.4 Å². The quantitative estimate of drug-likeness (QED) is 0.933. The van der Waals surface area contributed by atoms with Gasteiger partial charge in [-0.2, -0.15) is 13.2 Å². The van der Waals surface area contributed by atoms with E-state index >= 15 is 0 Å². The van der Waals surface area contributed by atoms with Crippen LogP contribution in [0, 0.1) is 0 Å². The molecule has 0 aliphatic rings. The Kier molecular flexibility index (Phi) is 3.43. The highest BCUT2D eigenvalue weighted by Gasteiger charge is 2.30. The molecular formula is C11H9F3N4O2. The van der Waals surface area contributed by atoms with Gasteiger partial charge in [0.2, 0.25) is 5.82 Å². The van der Waals surface area contributed by atoms with Crippen LogP contribution in [-0.4, -0.2) is 31.3 Å². The number of benzene rings is 1. The maximum absolute atomic E-state index is 12.6. The van der Waals surface area contributed by atoms with Crippen LogP contribution in [0.15, 0.2) is 24.3 Å². The number of carbonyl (C=O) groups is 1. The van der Waals surface area contributed by atoms with Gasteiger partial charge >= 0.3 is 12.1 Å². The van der Waals surface area contributed by atoms with Gasteiger partial charge in [0.15, 0.2) is 6.04 Å². The fraction of sp³-hybridized carbons (Fsp3) is 0.273. The molecule has 106 valence electrons. The van der Waals surface area contributed by atoms with Crippen molar-refractivity contribution in [3.63, 3.8) is 0 Å². The van der Waals surface area contributed by atoms with Gasteiger partial charge in [-0.1, -0.05) is 12.1 Å². The van der Waals surface area contributed by atoms with Gasteiger partial charge in [0.1, 0.15) is 0 Å². The van der Waals surface area contributed by atoms with Crippen molar-refractivity contribution < 1.29 is 23.1 Å². The van der Waals surface area contributed by atoms with Crippen molar-refractivity contribution in [2.45, 2.75) is 19.1 Å². The molecule has 0 fully saturated rings. The number of halogens is 3. The predicted molar refractivity (Wildman–Crippen MR) is 60.6 cm³/mol. The molecule has 0 bridgehead atoms. The van der Waals surface area contributed by atoms with E-state index < -0.39 is 23.8 Å². The van der Waals surface area contributed by atoms with Crippen LogP contribution >= 0.6 is 0 Å². The van der Waals surface area contributed by atoms with Crippen LogP contribution < -0.4 is 0 Å². The molecule has 9 heteroatoms.